The van der Waals surface area contributed by atoms with Crippen LogP contribution in [0.4, 0.5) is 0 Å². The van der Waals surface area contributed by atoms with Gasteiger partial charge in [0.05, 0.1) is 6.10 Å². The van der Waals surface area contributed by atoms with Crippen molar-refractivity contribution in [1.29, 1.82) is 0 Å². The molecule has 1 aliphatic carbocycles. The van der Waals surface area contributed by atoms with E-state index in [0.717, 1.165) is 24.8 Å². The minimum absolute atomic E-state index is 0.110. The molecule has 0 aromatic heterocycles. The van der Waals surface area contributed by atoms with Crippen LogP contribution in [0.15, 0.2) is 18.2 Å². The Bertz CT molecular complexity index is 531. The maximum absolute atomic E-state index is 10.4. The topological polar surface area (TPSA) is 58.9 Å². The fourth-order valence-electron chi connectivity index (χ4n) is 3.76. The van der Waals surface area contributed by atoms with Crippen LogP contribution in [-0.4, -0.2) is 29.2 Å². The summed E-state index contributed by atoms with van der Waals surface area (Å²) < 4.78 is 11.2. The lowest BCUT2D eigenvalue weighted by atomic mass is 9.80. The zero-order valence-corrected chi connectivity index (χ0v) is 16.0. The zero-order chi connectivity index (χ0) is 18.3. The Balaban J connectivity index is 1.93. The standard InChI is InChI=1S/C21H34O4/c1-4-5-6-7-9-16(2)25-18-11-12-19(20(22)14-18)17-10-8-13-21(23,15-17)24-3/h11-12,14,16-17,22-23H,4-10,13,15H2,1-3H3. The van der Waals surface area contributed by atoms with E-state index in [1.54, 1.807) is 13.2 Å². The van der Waals surface area contributed by atoms with Crippen molar-refractivity contribution in [2.45, 2.75) is 89.4 Å². The summed E-state index contributed by atoms with van der Waals surface area (Å²) in [6, 6.07) is 5.57. The number of hydrogen-bond acceptors (Lipinski definition) is 4. The van der Waals surface area contributed by atoms with Gasteiger partial charge in [0.2, 0.25) is 0 Å². The van der Waals surface area contributed by atoms with Crippen molar-refractivity contribution >= 4 is 0 Å². The van der Waals surface area contributed by atoms with E-state index in [1.165, 1.54) is 25.7 Å². The average Bonchev–Trinajstić information content (AvgIpc) is 2.59. The van der Waals surface area contributed by atoms with Crippen LogP contribution < -0.4 is 4.74 Å². The van der Waals surface area contributed by atoms with Gasteiger partial charge >= 0.3 is 0 Å². The third-order valence-corrected chi connectivity index (χ3v) is 5.31. The SMILES string of the molecule is CCCCCCC(C)Oc1ccc(C2CCCC(O)(OC)C2)c(O)c1. The van der Waals surface area contributed by atoms with Gasteiger partial charge in [-0.1, -0.05) is 32.3 Å². The molecule has 142 valence electrons. The van der Waals surface area contributed by atoms with Gasteiger partial charge in [0.15, 0.2) is 5.79 Å². The Morgan fingerprint density at radius 2 is 2.08 bits per heavy atom. The van der Waals surface area contributed by atoms with Gasteiger partial charge in [-0.15, -0.1) is 0 Å². The van der Waals surface area contributed by atoms with E-state index in [9.17, 15) is 10.2 Å². The summed E-state index contributed by atoms with van der Waals surface area (Å²) in [6.07, 6.45) is 9.13. The smallest absolute Gasteiger partial charge is 0.165 e. The minimum Gasteiger partial charge on any atom is -0.508 e. The van der Waals surface area contributed by atoms with Gasteiger partial charge < -0.3 is 19.7 Å². The molecular weight excluding hydrogens is 316 g/mol. The zero-order valence-electron chi connectivity index (χ0n) is 16.0. The highest BCUT2D eigenvalue weighted by Crippen LogP contribution is 2.42. The highest BCUT2D eigenvalue weighted by atomic mass is 16.6. The van der Waals surface area contributed by atoms with Gasteiger partial charge in [-0.25, -0.2) is 0 Å². The molecule has 2 rings (SSSR count). The second-order valence-corrected chi connectivity index (χ2v) is 7.44. The molecular formula is C21H34O4. The first-order chi connectivity index (χ1) is 12.0. The van der Waals surface area contributed by atoms with Crippen molar-refractivity contribution < 1.29 is 19.7 Å². The fourth-order valence-corrected chi connectivity index (χ4v) is 3.76. The molecule has 0 aliphatic heterocycles. The van der Waals surface area contributed by atoms with Crippen molar-refractivity contribution in [1.82, 2.24) is 0 Å². The highest BCUT2D eigenvalue weighted by Gasteiger charge is 2.35. The molecule has 3 unspecified atom stereocenters. The van der Waals surface area contributed by atoms with Crippen LogP contribution in [0.2, 0.25) is 0 Å². The molecule has 0 amide bonds. The fraction of sp³-hybridized carbons (Fsp3) is 0.714. The van der Waals surface area contributed by atoms with E-state index in [-0.39, 0.29) is 17.8 Å². The van der Waals surface area contributed by atoms with Gasteiger partial charge in [-0.05, 0) is 50.2 Å². The first-order valence-corrected chi connectivity index (χ1v) is 9.74. The number of unbranched alkanes of at least 4 members (excludes halogenated alkanes) is 3. The number of hydrogen-bond donors (Lipinski definition) is 2. The normalized spacial score (nSPS) is 24.9. The summed E-state index contributed by atoms with van der Waals surface area (Å²) in [6.45, 7) is 4.29. The van der Waals surface area contributed by atoms with Crippen LogP contribution in [0.1, 0.15) is 83.1 Å². The molecule has 4 nitrogen and oxygen atoms in total. The summed E-state index contributed by atoms with van der Waals surface area (Å²) in [5.41, 5.74) is 0.873. The molecule has 1 aromatic rings. The maximum Gasteiger partial charge on any atom is 0.165 e. The Morgan fingerprint density at radius 3 is 2.76 bits per heavy atom. The second-order valence-electron chi connectivity index (χ2n) is 7.44. The molecule has 1 fully saturated rings. The molecule has 0 spiro atoms. The number of aromatic hydroxyl groups is 1. The van der Waals surface area contributed by atoms with Crippen molar-refractivity contribution in [3.63, 3.8) is 0 Å². The Morgan fingerprint density at radius 1 is 1.28 bits per heavy atom. The Labute approximate surface area is 152 Å². The van der Waals surface area contributed by atoms with Crippen LogP contribution in [-0.2, 0) is 4.74 Å². The number of phenolic OH excluding ortho intramolecular Hbond substituents is 1. The maximum atomic E-state index is 10.4. The monoisotopic (exact) mass is 350 g/mol. The number of benzene rings is 1. The third-order valence-electron chi connectivity index (χ3n) is 5.31. The number of phenols is 1. The van der Waals surface area contributed by atoms with Gasteiger partial charge in [-0.2, -0.15) is 0 Å². The van der Waals surface area contributed by atoms with Gasteiger partial charge in [0, 0.05) is 26.0 Å². The molecule has 1 aromatic carbocycles. The molecule has 25 heavy (non-hydrogen) atoms. The summed E-state index contributed by atoms with van der Waals surface area (Å²) >= 11 is 0. The van der Waals surface area contributed by atoms with Crippen molar-refractivity contribution in [2.24, 2.45) is 0 Å². The lowest BCUT2D eigenvalue weighted by Gasteiger charge is -2.36. The molecule has 2 N–H and O–H groups in total. The molecule has 0 radical (unpaired) electrons. The summed E-state index contributed by atoms with van der Waals surface area (Å²) in [5.74, 6) is -0.000313. The lowest BCUT2D eigenvalue weighted by molar-refractivity contribution is -0.206. The van der Waals surface area contributed by atoms with Crippen LogP contribution in [0.5, 0.6) is 11.5 Å². The van der Waals surface area contributed by atoms with E-state index in [2.05, 4.69) is 13.8 Å². The number of rotatable bonds is 9. The summed E-state index contributed by atoms with van der Waals surface area (Å²) in [5, 5.41) is 20.8. The summed E-state index contributed by atoms with van der Waals surface area (Å²) in [4.78, 5) is 0. The quantitative estimate of drug-likeness (QED) is 0.479. The van der Waals surface area contributed by atoms with E-state index in [1.807, 2.05) is 12.1 Å². The molecule has 1 saturated carbocycles. The molecule has 4 heteroatoms. The van der Waals surface area contributed by atoms with Gasteiger partial charge in [0.25, 0.3) is 0 Å². The van der Waals surface area contributed by atoms with Crippen LogP contribution >= 0.6 is 0 Å². The Kier molecular flexibility index (Phi) is 7.57. The van der Waals surface area contributed by atoms with Gasteiger partial charge in [-0.3, -0.25) is 0 Å². The lowest BCUT2D eigenvalue weighted by Crippen LogP contribution is -2.36. The van der Waals surface area contributed by atoms with Gasteiger partial charge in [0.1, 0.15) is 11.5 Å². The first-order valence-electron chi connectivity index (χ1n) is 9.74. The largest absolute Gasteiger partial charge is 0.508 e. The third kappa shape index (κ3) is 5.89. The highest BCUT2D eigenvalue weighted by molar-refractivity contribution is 5.42. The summed E-state index contributed by atoms with van der Waals surface area (Å²) in [7, 11) is 1.54. The second kappa shape index (κ2) is 9.44. The number of aliphatic hydroxyl groups is 1. The van der Waals surface area contributed by atoms with Crippen molar-refractivity contribution in [3.05, 3.63) is 23.8 Å². The van der Waals surface area contributed by atoms with E-state index < -0.39 is 5.79 Å². The number of methoxy groups -OCH3 is 1. The van der Waals surface area contributed by atoms with Crippen LogP contribution in [0.3, 0.4) is 0 Å². The van der Waals surface area contributed by atoms with E-state index in [4.69, 9.17) is 9.47 Å². The Hall–Kier alpha value is -1.26. The van der Waals surface area contributed by atoms with E-state index in [0.29, 0.717) is 18.6 Å². The predicted molar refractivity (Wildman–Crippen MR) is 100 cm³/mol. The molecule has 0 heterocycles. The molecule has 3 atom stereocenters. The first kappa shape index (κ1) is 20.1. The minimum atomic E-state index is -1.07. The number of ether oxygens (including phenoxy) is 2. The molecule has 0 saturated heterocycles. The van der Waals surface area contributed by atoms with Crippen molar-refractivity contribution in [3.8, 4) is 11.5 Å². The van der Waals surface area contributed by atoms with Crippen molar-refractivity contribution in [2.75, 3.05) is 7.11 Å². The van der Waals surface area contributed by atoms with Crippen LogP contribution in [0, 0.1) is 0 Å². The average molecular weight is 350 g/mol. The molecule has 0 bridgehead atoms. The predicted octanol–water partition coefficient (Wildman–Crippen LogP) is 5.12. The molecule has 1 aliphatic rings. The van der Waals surface area contributed by atoms with E-state index >= 15 is 0 Å². The van der Waals surface area contributed by atoms with Crippen LogP contribution in [0.25, 0.3) is 0 Å².